The number of aromatic nitrogens is 2. The second kappa shape index (κ2) is 9.71. The van der Waals surface area contributed by atoms with E-state index < -0.39 is 0 Å². The highest BCUT2D eigenvalue weighted by Crippen LogP contribution is 2.32. The van der Waals surface area contributed by atoms with Crippen LogP contribution >= 0.6 is 0 Å². The molecular formula is C27H32N4O3. The van der Waals surface area contributed by atoms with E-state index in [9.17, 15) is 4.79 Å². The van der Waals surface area contributed by atoms with Crippen molar-refractivity contribution in [3.8, 4) is 22.8 Å². The predicted molar refractivity (Wildman–Crippen MR) is 134 cm³/mol. The van der Waals surface area contributed by atoms with E-state index in [1.807, 2.05) is 47.4 Å². The fourth-order valence-corrected chi connectivity index (χ4v) is 4.09. The Morgan fingerprint density at radius 1 is 0.853 bits per heavy atom. The summed E-state index contributed by atoms with van der Waals surface area (Å²) in [4.78, 5) is 17.0. The van der Waals surface area contributed by atoms with Gasteiger partial charge in [-0.25, -0.2) is 0 Å². The molecule has 3 aromatic rings. The van der Waals surface area contributed by atoms with E-state index >= 15 is 0 Å². The molecule has 34 heavy (non-hydrogen) atoms. The van der Waals surface area contributed by atoms with E-state index in [0.29, 0.717) is 37.6 Å². The van der Waals surface area contributed by atoms with Crippen molar-refractivity contribution in [1.82, 2.24) is 15.1 Å². The van der Waals surface area contributed by atoms with Crippen LogP contribution in [0.25, 0.3) is 11.3 Å². The van der Waals surface area contributed by atoms with E-state index in [2.05, 4.69) is 48.0 Å². The van der Waals surface area contributed by atoms with Crippen LogP contribution in [0.2, 0.25) is 0 Å². The Morgan fingerprint density at radius 3 is 2.12 bits per heavy atom. The Kier molecular flexibility index (Phi) is 6.72. The normalized spacial score (nSPS) is 14.1. The summed E-state index contributed by atoms with van der Waals surface area (Å²) in [7, 11) is 3.26. The standard InChI is InChI=1S/C27H32N4O3/c1-27(2,3)20-8-6-19(7-9-20)26(32)31-16-14-30(15-17-31)25-13-11-23(28-29-25)22-18-21(33-4)10-12-24(22)34-5/h6-13,18H,14-17H2,1-5H3. The molecule has 0 N–H and O–H groups in total. The number of piperazine rings is 1. The molecule has 1 amide bonds. The Hall–Kier alpha value is -3.61. The summed E-state index contributed by atoms with van der Waals surface area (Å²) in [6.07, 6.45) is 0. The number of hydrogen-bond donors (Lipinski definition) is 0. The Balaban J connectivity index is 1.40. The molecular weight excluding hydrogens is 428 g/mol. The maximum absolute atomic E-state index is 13.0. The highest BCUT2D eigenvalue weighted by atomic mass is 16.5. The zero-order valence-corrected chi connectivity index (χ0v) is 20.5. The van der Waals surface area contributed by atoms with Crippen LogP contribution < -0.4 is 14.4 Å². The lowest BCUT2D eigenvalue weighted by molar-refractivity contribution is 0.0746. The van der Waals surface area contributed by atoms with Crippen molar-refractivity contribution < 1.29 is 14.3 Å². The summed E-state index contributed by atoms with van der Waals surface area (Å²) in [5.74, 6) is 2.32. The van der Waals surface area contributed by atoms with Gasteiger partial charge in [-0.3, -0.25) is 4.79 Å². The van der Waals surface area contributed by atoms with Crippen molar-refractivity contribution in [3.63, 3.8) is 0 Å². The second-order valence-corrected chi connectivity index (χ2v) is 9.45. The fraction of sp³-hybridized carbons (Fsp3) is 0.370. The molecule has 2 heterocycles. The van der Waals surface area contributed by atoms with Crippen LogP contribution in [-0.2, 0) is 5.41 Å². The highest BCUT2D eigenvalue weighted by molar-refractivity contribution is 5.94. The molecule has 0 saturated carbocycles. The zero-order chi connectivity index (χ0) is 24.3. The van der Waals surface area contributed by atoms with Gasteiger partial charge < -0.3 is 19.3 Å². The molecule has 1 aliphatic heterocycles. The summed E-state index contributed by atoms with van der Waals surface area (Å²) >= 11 is 0. The van der Waals surface area contributed by atoms with Crippen molar-refractivity contribution in [1.29, 1.82) is 0 Å². The van der Waals surface area contributed by atoms with E-state index in [0.717, 1.165) is 22.7 Å². The third kappa shape index (κ3) is 4.98. The molecule has 178 valence electrons. The summed E-state index contributed by atoms with van der Waals surface area (Å²) in [5, 5.41) is 8.88. The Bertz CT molecular complexity index is 1130. The second-order valence-electron chi connectivity index (χ2n) is 9.45. The van der Waals surface area contributed by atoms with Gasteiger partial charge in [-0.2, -0.15) is 0 Å². The molecule has 0 aliphatic carbocycles. The largest absolute Gasteiger partial charge is 0.497 e. The molecule has 1 saturated heterocycles. The molecule has 0 spiro atoms. The molecule has 4 rings (SSSR count). The zero-order valence-electron chi connectivity index (χ0n) is 20.5. The number of rotatable bonds is 5. The molecule has 2 aromatic carbocycles. The van der Waals surface area contributed by atoms with E-state index in [1.165, 1.54) is 5.56 Å². The van der Waals surface area contributed by atoms with E-state index in [4.69, 9.17) is 9.47 Å². The Morgan fingerprint density at radius 2 is 1.56 bits per heavy atom. The third-order valence-electron chi connectivity index (χ3n) is 6.22. The SMILES string of the molecule is COc1ccc(OC)c(-c2ccc(N3CCN(C(=O)c4ccc(C(C)(C)C)cc4)CC3)nn2)c1. The van der Waals surface area contributed by atoms with E-state index in [-0.39, 0.29) is 11.3 Å². The maximum Gasteiger partial charge on any atom is 0.253 e. The lowest BCUT2D eigenvalue weighted by Gasteiger charge is -2.35. The highest BCUT2D eigenvalue weighted by Gasteiger charge is 2.24. The molecule has 1 aromatic heterocycles. The summed E-state index contributed by atoms with van der Waals surface area (Å²) in [6, 6.07) is 17.5. The number of carbonyl (C=O) groups is 1. The van der Waals surface area contributed by atoms with Gasteiger partial charge in [0.1, 0.15) is 11.5 Å². The topological polar surface area (TPSA) is 67.8 Å². The van der Waals surface area contributed by atoms with Crippen molar-refractivity contribution in [2.75, 3.05) is 45.3 Å². The molecule has 0 unspecified atom stereocenters. The number of nitrogens with zero attached hydrogens (tertiary/aromatic N) is 4. The third-order valence-corrected chi connectivity index (χ3v) is 6.22. The van der Waals surface area contributed by atoms with Crippen molar-refractivity contribution in [2.45, 2.75) is 26.2 Å². The Labute approximate surface area is 201 Å². The number of methoxy groups -OCH3 is 2. The number of carbonyl (C=O) groups excluding carboxylic acids is 1. The summed E-state index contributed by atoms with van der Waals surface area (Å²) < 4.78 is 10.8. The number of hydrogen-bond acceptors (Lipinski definition) is 6. The molecule has 1 fully saturated rings. The number of anilines is 1. The van der Waals surface area contributed by atoms with E-state index in [1.54, 1.807) is 14.2 Å². The molecule has 0 radical (unpaired) electrons. The number of amides is 1. The van der Waals surface area contributed by atoms with Crippen LogP contribution in [0.4, 0.5) is 5.82 Å². The number of ether oxygens (including phenoxy) is 2. The van der Waals surface area contributed by atoms with Crippen LogP contribution in [0.3, 0.4) is 0 Å². The molecule has 0 atom stereocenters. The van der Waals surface area contributed by atoms with Crippen molar-refractivity contribution in [2.24, 2.45) is 0 Å². The first-order valence-electron chi connectivity index (χ1n) is 11.5. The minimum Gasteiger partial charge on any atom is -0.497 e. The fourth-order valence-electron chi connectivity index (χ4n) is 4.09. The maximum atomic E-state index is 13.0. The average Bonchev–Trinajstić information content (AvgIpc) is 2.87. The minimum absolute atomic E-state index is 0.0709. The van der Waals surface area contributed by atoms with Crippen molar-refractivity contribution in [3.05, 3.63) is 65.7 Å². The van der Waals surface area contributed by atoms with Gasteiger partial charge in [-0.15, -0.1) is 10.2 Å². The van der Waals surface area contributed by atoms with Gasteiger partial charge in [0, 0.05) is 37.3 Å². The van der Waals surface area contributed by atoms with Crippen LogP contribution in [0.5, 0.6) is 11.5 Å². The van der Waals surface area contributed by atoms with Gasteiger partial charge >= 0.3 is 0 Å². The molecule has 7 heteroatoms. The lowest BCUT2D eigenvalue weighted by atomic mass is 9.86. The predicted octanol–water partition coefficient (Wildman–Crippen LogP) is 4.42. The van der Waals surface area contributed by atoms with Gasteiger partial charge in [0.05, 0.1) is 19.9 Å². The first-order chi connectivity index (χ1) is 16.3. The van der Waals surface area contributed by atoms with Crippen LogP contribution in [-0.4, -0.2) is 61.4 Å². The molecule has 1 aliphatic rings. The smallest absolute Gasteiger partial charge is 0.253 e. The van der Waals surface area contributed by atoms with Crippen LogP contribution in [0.15, 0.2) is 54.6 Å². The summed E-state index contributed by atoms with van der Waals surface area (Å²) in [6.45, 7) is 9.23. The summed E-state index contributed by atoms with van der Waals surface area (Å²) in [5.41, 5.74) is 3.57. The van der Waals surface area contributed by atoms with Gasteiger partial charge in [-0.05, 0) is 53.4 Å². The quantitative estimate of drug-likeness (QED) is 0.562. The minimum atomic E-state index is 0.0709. The van der Waals surface area contributed by atoms with Crippen molar-refractivity contribution >= 4 is 11.7 Å². The number of benzene rings is 2. The average molecular weight is 461 g/mol. The first-order valence-corrected chi connectivity index (χ1v) is 11.5. The first kappa shape index (κ1) is 23.5. The van der Waals surface area contributed by atoms with Gasteiger partial charge in [0.25, 0.3) is 5.91 Å². The lowest BCUT2D eigenvalue weighted by Crippen LogP contribution is -2.49. The van der Waals surface area contributed by atoms with Crippen LogP contribution in [0, 0.1) is 0 Å². The van der Waals surface area contributed by atoms with Gasteiger partial charge in [0.2, 0.25) is 0 Å². The van der Waals surface area contributed by atoms with Gasteiger partial charge in [0.15, 0.2) is 5.82 Å². The monoisotopic (exact) mass is 460 g/mol. The van der Waals surface area contributed by atoms with Gasteiger partial charge in [-0.1, -0.05) is 32.9 Å². The molecule has 0 bridgehead atoms. The van der Waals surface area contributed by atoms with Crippen LogP contribution in [0.1, 0.15) is 36.7 Å². The molecule has 7 nitrogen and oxygen atoms in total.